The number of carbonyl (C=O) groups is 1. The lowest BCUT2D eigenvalue weighted by molar-refractivity contribution is 0.111. The number of nitrogens with zero attached hydrogens (tertiary/aromatic N) is 2. The third-order valence-corrected chi connectivity index (χ3v) is 2.86. The van der Waals surface area contributed by atoms with Crippen molar-refractivity contribution in [3.8, 4) is 17.0 Å². The molecule has 4 nitrogen and oxygen atoms in total. The summed E-state index contributed by atoms with van der Waals surface area (Å²) in [6.07, 6.45) is 3.50. The van der Waals surface area contributed by atoms with Crippen LogP contribution in [0.2, 0.25) is 0 Å². The highest BCUT2D eigenvalue weighted by Crippen LogP contribution is 2.22. The SMILES string of the molecule is C=CCn1nc(-c2ccc(OCCC)cc2)cc1C=O. The van der Waals surface area contributed by atoms with Gasteiger partial charge in [0.15, 0.2) is 6.29 Å². The predicted octanol–water partition coefficient (Wildman–Crippen LogP) is 3.34. The monoisotopic (exact) mass is 270 g/mol. The van der Waals surface area contributed by atoms with Gasteiger partial charge in [0.1, 0.15) is 11.4 Å². The molecule has 0 aliphatic heterocycles. The van der Waals surface area contributed by atoms with Crippen LogP contribution in [0.1, 0.15) is 23.8 Å². The molecule has 1 aromatic carbocycles. The third kappa shape index (κ3) is 3.15. The van der Waals surface area contributed by atoms with E-state index in [1.807, 2.05) is 24.3 Å². The number of allylic oxidation sites excluding steroid dienone is 1. The van der Waals surface area contributed by atoms with Crippen molar-refractivity contribution >= 4 is 6.29 Å². The Morgan fingerprint density at radius 3 is 2.70 bits per heavy atom. The molecule has 0 N–H and O–H groups in total. The predicted molar refractivity (Wildman–Crippen MR) is 79.0 cm³/mol. The first-order valence-electron chi connectivity index (χ1n) is 6.65. The summed E-state index contributed by atoms with van der Waals surface area (Å²) in [5.74, 6) is 0.844. The topological polar surface area (TPSA) is 44.1 Å². The van der Waals surface area contributed by atoms with E-state index < -0.39 is 0 Å². The van der Waals surface area contributed by atoms with Crippen molar-refractivity contribution in [1.82, 2.24) is 9.78 Å². The summed E-state index contributed by atoms with van der Waals surface area (Å²) in [5, 5.41) is 4.41. The molecule has 0 unspecified atom stereocenters. The standard InChI is InChI=1S/C16H18N2O2/c1-3-9-18-14(12-19)11-16(17-18)13-5-7-15(8-6-13)20-10-4-2/h3,5-8,11-12H,1,4,9-10H2,2H3. The Kier molecular flexibility index (Phi) is 4.71. The van der Waals surface area contributed by atoms with Crippen LogP contribution in [0.15, 0.2) is 43.0 Å². The molecule has 0 radical (unpaired) electrons. The van der Waals surface area contributed by atoms with Crippen LogP contribution >= 0.6 is 0 Å². The molecule has 0 amide bonds. The Bertz CT molecular complexity index is 585. The lowest BCUT2D eigenvalue weighted by Crippen LogP contribution is -2.01. The highest BCUT2D eigenvalue weighted by atomic mass is 16.5. The lowest BCUT2D eigenvalue weighted by atomic mass is 10.1. The van der Waals surface area contributed by atoms with Crippen molar-refractivity contribution in [2.24, 2.45) is 0 Å². The Balaban J connectivity index is 2.22. The molecule has 0 aliphatic carbocycles. The van der Waals surface area contributed by atoms with Gasteiger partial charge in [-0.15, -0.1) is 6.58 Å². The molecule has 4 heteroatoms. The van der Waals surface area contributed by atoms with Gasteiger partial charge >= 0.3 is 0 Å². The normalized spacial score (nSPS) is 10.2. The number of benzene rings is 1. The Morgan fingerprint density at radius 1 is 1.35 bits per heavy atom. The molecule has 0 saturated carbocycles. The van der Waals surface area contributed by atoms with E-state index >= 15 is 0 Å². The summed E-state index contributed by atoms with van der Waals surface area (Å²) in [5.41, 5.74) is 2.28. The van der Waals surface area contributed by atoms with Crippen LogP contribution in [-0.2, 0) is 6.54 Å². The maximum absolute atomic E-state index is 11.0. The Hall–Kier alpha value is -2.36. The van der Waals surface area contributed by atoms with E-state index in [0.29, 0.717) is 18.8 Å². The minimum Gasteiger partial charge on any atom is -0.494 e. The molecule has 0 saturated heterocycles. The first kappa shape index (κ1) is 14.1. The van der Waals surface area contributed by atoms with Crippen LogP contribution in [0.25, 0.3) is 11.3 Å². The van der Waals surface area contributed by atoms with E-state index in [4.69, 9.17) is 4.74 Å². The van der Waals surface area contributed by atoms with Crippen LogP contribution in [0, 0.1) is 0 Å². The molecule has 104 valence electrons. The van der Waals surface area contributed by atoms with Gasteiger partial charge in [0, 0.05) is 5.56 Å². The van der Waals surface area contributed by atoms with E-state index in [9.17, 15) is 4.79 Å². The van der Waals surface area contributed by atoms with Gasteiger partial charge in [-0.25, -0.2) is 0 Å². The van der Waals surface area contributed by atoms with Gasteiger partial charge in [-0.2, -0.15) is 5.10 Å². The molecular formula is C16H18N2O2. The molecule has 20 heavy (non-hydrogen) atoms. The highest BCUT2D eigenvalue weighted by molar-refractivity contribution is 5.76. The van der Waals surface area contributed by atoms with Gasteiger partial charge in [0.05, 0.1) is 18.8 Å². The van der Waals surface area contributed by atoms with Crippen LogP contribution in [0.4, 0.5) is 0 Å². The zero-order valence-electron chi connectivity index (χ0n) is 11.6. The first-order valence-corrected chi connectivity index (χ1v) is 6.65. The van der Waals surface area contributed by atoms with Crippen LogP contribution in [-0.4, -0.2) is 22.7 Å². The number of hydrogen-bond acceptors (Lipinski definition) is 3. The zero-order chi connectivity index (χ0) is 14.4. The second-order valence-electron chi connectivity index (χ2n) is 4.42. The zero-order valence-corrected chi connectivity index (χ0v) is 11.6. The fourth-order valence-electron chi connectivity index (χ4n) is 1.88. The molecule has 1 aromatic heterocycles. The number of hydrogen-bond donors (Lipinski definition) is 0. The number of aromatic nitrogens is 2. The molecule has 0 spiro atoms. The van der Waals surface area contributed by atoms with Crippen LogP contribution < -0.4 is 4.74 Å². The van der Waals surface area contributed by atoms with Crippen molar-refractivity contribution in [1.29, 1.82) is 0 Å². The van der Waals surface area contributed by atoms with E-state index in [1.54, 1.807) is 16.8 Å². The number of aldehydes is 1. The molecule has 0 fully saturated rings. The maximum atomic E-state index is 11.0. The molecule has 0 atom stereocenters. The number of carbonyl (C=O) groups excluding carboxylic acids is 1. The molecular weight excluding hydrogens is 252 g/mol. The molecule has 2 aromatic rings. The second-order valence-corrected chi connectivity index (χ2v) is 4.42. The van der Waals surface area contributed by atoms with Gasteiger partial charge in [-0.3, -0.25) is 9.48 Å². The summed E-state index contributed by atoms with van der Waals surface area (Å²) < 4.78 is 7.18. The number of ether oxygens (including phenoxy) is 1. The van der Waals surface area contributed by atoms with Gasteiger partial charge in [-0.1, -0.05) is 13.0 Å². The van der Waals surface area contributed by atoms with Gasteiger partial charge < -0.3 is 4.74 Å². The van der Waals surface area contributed by atoms with E-state index in [2.05, 4.69) is 18.6 Å². The molecule has 0 aliphatic rings. The summed E-state index contributed by atoms with van der Waals surface area (Å²) in [7, 11) is 0. The first-order chi connectivity index (χ1) is 9.78. The largest absolute Gasteiger partial charge is 0.494 e. The Labute approximate surface area is 118 Å². The average Bonchev–Trinajstić information content (AvgIpc) is 2.89. The van der Waals surface area contributed by atoms with Gasteiger partial charge in [0.2, 0.25) is 0 Å². The summed E-state index contributed by atoms with van der Waals surface area (Å²) in [6.45, 7) is 6.96. The quantitative estimate of drug-likeness (QED) is 0.572. The smallest absolute Gasteiger partial charge is 0.168 e. The van der Waals surface area contributed by atoms with Crippen molar-refractivity contribution < 1.29 is 9.53 Å². The maximum Gasteiger partial charge on any atom is 0.168 e. The minimum absolute atomic E-state index is 0.520. The lowest BCUT2D eigenvalue weighted by Gasteiger charge is -2.04. The second kappa shape index (κ2) is 6.70. The van der Waals surface area contributed by atoms with Gasteiger partial charge in [0.25, 0.3) is 0 Å². The molecule has 0 bridgehead atoms. The van der Waals surface area contributed by atoms with E-state index in [1.165, 1.54) is 0 Å². The summed E-state index contributed by atoms with van der Waals surface area (Å²) >= 11 is 0. The van der Waals surface area contributed by atoms with Gasteiger partial charge in [-0.05, 0) is 36.8 Å². The van der Waals surface area contributed by atoms with Crippen LogP contribution in [0.5, 0.6) is 5.75 Å². The third-order valence-electron chi connectivity index (χ3n) is 2.86. The van der Waals surface area contributed by atoms with E-state index in [-0.39, 0.29) is 0 Å². The van der Waals surface area contributed by atoms with Crippen molar-refractivity contribution in [3.05, 3.63) is 48.7 Å². The van der Waals surface area contributed by atoms with Crippen molar-refractivity contribution in [2.45, 2.75) is 19.9 Å². The Morgan fingerprint density at radius 2 is 2.10 bits per heavy atom. The average molecular weight is 270 g/mol. The fourth-order valence-corrected chi connectivity index (χ4v) is 1.88. The molecule has 1 heterocycles. The number of rotatable bonds is 7. The fraction of sp³-hybridized carbons (Fsp3) is 0.250. The summed E-state index contributed by atoms with van der Waals surface area (Å²) in [6, 6.07) is 9.49. The highest BCUT2D eigenvalue weighted by Gasteiger charge is 2.08. The van der Waals surface area contributed by atoms with Crippen molar-refractivity contribution in [3.63, 3.8) is 0 Å². The summed E-state index contributed by atoms with van der Waals surface area (Å²) in [4.78, 5) is 11.0. The van der Waals surface area contributed by atoms with Crippen LogP contribution in [0.3, 0.4) is 0 Å². The van der Waals surface area contributed by atoms with Crippen molar-refractivity contribution in [2.75, 3.05) is 6.61 Å². The molecule has 2 rings (SSSR count). The minimum atomic E-state index is 0.520. The van der Waals surface area contributed by atoms with E-state index in [0.717, 1.165) is 29.7 Å².